The van der Waals surface area contributed by atoms with Crippen LogP contribution in [0, 0.1) is 0 Å². The lowest BCUT2D eigenvalue weighted by Crippen LogP contribution is -2.27. The van der Waals surface area contributed by atoms with E-state index in [-0.39, 0.29) is 12.4 Å². The minimum absolute atomic E-state index is 0.0806. The van der Waals surface area contributed by atoms with Crippen LogP contribution in [0.4, 0.5) is 13.2 Å². The Kier molecular flexibility index (Phi) is 5.57. The van der Waals surface area contributed by atoms with Crippen molar-refractivity contribution in [3.63, 3.8) is 0 Å². The molecule has 0 saturated heterocycles. The first-order valence-electron chi connectivity index (χ1n) is 6.10. The van der Waals surface area contributed by atoms with E-state index >= 15 is 0 Å². The summed E-state index contributed by atoms with van der Waals surface area (Å²) in [6, 6.07) is 6.56. The van der Waals surface area contributed by atoms with Crippen molar-refractivity contribution in [3.8, 4) is 0 Å². The molecule has 0 spiro atoms. The number of amides is 1. The first-order chi connectivity index (χ1) is 9.73. The number of nitrogens with two attached hydrogens (primary N) is 1. The molecule has 5 nitrogen and oxygen atoms in total. The fraction of sp³-hybridized carbons (Fsp3) is 0.385. The third kappa shape index (κ3) is 5.72. The van der Waals surface area contributed by atoms with E-state index in [9.17, 15) is 18.0 Å². The molecule has 0 aromatic heterocycles. The average Bonchev–Trinajstić information content (AvgIpc) is 2.43. The molecule has 1 amide bonds. The quantitative estimate of drug-likeness (QED) is 0.378. The van der Waals surface area contributed by atoms with Crippen molar-refractivity contribution < 1.29 is 23.2 Å². The Labute approximate surface area is 119 Å². The highest BCUT2D eigenvalue weighted by molar-refractivity contribution is 5.97. The molecule has 21 heavy (non-hydrogen) atoms. The predicted octanol–water partition coefficient (Wildman–Crippen LogP) is 2.08. The molecule has 1 aromatic rings. The van der Waals surface area contributed by atoms with Crippen LogP contribution in [-0.2, 0) is 11.3 Å². The molecule has 0 aliphatic heterocycles. The molecule has 3 N–H and O–H groups in total. The van der Waals surface area contributed by atoms with Crippen molar-refractivity contribution in [2.75, 3.05) is 7.05 Å². The minimum Gasteiger partial charge on any atom is -0.409 e. The fourth-order valence-electron chi connectivity index (χ4n) is 1.69. The summed E-state index contributed by atoms with van der Waals surface area (Å²) in [6.07, 6.45) is -6.07. The Hall–Kier alpha value is -2.25. The molecule has 0 radical (unpaired) electrons. The molecule has 0 aliphatic carbocycles. The summed E-state index contributed by atoms with van der Waals surface area (Å²) in [4.78, 5) is 12.8. The Morgan fingerprint density at radius 2 is 2.10 bits per heavy atom. The van der Waals surface area contributed by atoms with Gasteiger partial charge in [-0.1, -0.05) is 23.4 Å². The predicted molar refractivity (Wildman–Crippen MR) is 70.7 cm³/mol. The maximum Gasteiger partial charge on any atom is 0.389 e. The minimum atomic E-state index is -4.34. The van der Waals surface area contributed by atoms with Gasteiger partial charge in [0.25, 0.3) is 0 Å². The number of rotatable bonds is 5. The van der Waals surface area contributed by atoms with Crippen molar-refractivity contribution in [3.05, 3.63) is 35.4 Å². The molecule has 0 aliphatic rings. The molecule has 116 valence electrons. The van der Waals surface area contributed by atoms with Gasteiger partial charge in [0.1, 0.15) is 0 Å². The van der Waals surface area contributed by atoms with Crippen molar-refractivity contribution in [1.29, 1.82) is 0 Å². The highest BCUT2D eigenvalue weighted by atomic mass is 19.4. The molecule has 1 rings (SSSR count). The summed E-state index contributed by atoms with van der Waals surface area (Å²) in [6.45, 7) is 0.142. The van der Waals surface area contributed by atoms with Crippen LogP contribution in [0.3, 0.4) is 0 Å². The molecule has 0 bridgehead atoms. The van der Waals surface area contributed by atoms with Gasteiger partial charge in [0.2, 0.25) is 5.91 Å². The average molecular weight is 303 g/mol. The molecule has 1 aromatic carbocycles. The summed E-state index contributed by atoms with van der Waals surface area (Å²) in [5, 5.41) is 11.4. The summed E-state index contributed by atoms with van der Waals surface area (Å²) in [7, 11) is 1.43. The third-order valence-corrected chi connectivity index (χ3v) is 2.80. The normalized spacial score (nSPS) is 12.3. The second-order valence-electron chi connectivity index (χ2n) is 4.55. The Morgan fingerprint density at radius 1 is 1.43 bits per heavy atom. The summed E-state index contributed by atoms with van der Waals surface area (Å²) in [5.41, 5.74) is 6.58. The van der Waals surface area contributed by atoms with Crippen LogP contribution in [0.2, 0.25) is 0 Å². The fourth-order valence-corrected chi connectivity index (χ4v) is 1.69. The maximum absolute atomic E-state index is 12.1. The number of amidine groups is 1. The number of nitrogens with zero attached hydrogens (tertiary/aromatic N) is 2. The highest BCUT2D eigenvalue weighted by Gasteiger charge is 2.28. The van der Waals surface area contributed by atoms with Gasteiger partial charge in [-0.05, 0) is 11.6 Å². The summed E-state index contributed by atoms with van der Waals surface area (Å²) >= 11 is 0. The molecular formula is C13H16F3N3O2. The van der Waals surface area contributed by atoms with Gasteiger partial charge in [-0.2, -0.15) is 13.2 Å². The largest absolute Gasteiger partial charge is 0.409 e. The number of benzene rings is 1. The highest BCUT2D eigenvalue weighted by Crippen LogP contribution is 2.22. The molecule has 0 saturated carbocycles. The van der Waals surface area contributed by atoms with E-state index in [0.717, 1.165) is 0 Å². The molecule has 0 fully saturated rings. The number of carbonyl (C=O) groups is 1. The van der Waals surface area contributed by atoms with Gasteiger partial charge >= 0.3 is 6.18 Å². The van der Waals surface area contributed by atoms with Crippen LogP contribution >= 0.6 is 0 Å². The number of halogens is 3. The van der Waals surface area contributed by atoms with E-state index in [0.29, 0.717) is 11.1 Å². The standard InChI is InChI=1S/C13H16F3N3O2/c1-19(11(20)5-6-13(14,15)16)8-9-3-2-4-10(7-9)12(17)18-21/h2-4,7,21H,5-6,8H2,1H3,(H2,17,18). The van der Waals surface area contributed by atoms with Crippen molar-refractivity contribution >= 4 is 11.7 Å². The molecule has 0 heterocycles. The Balaban J connectivity index is 2.66. The molecule has 0 unspecified atom stereocenters. The first-order valence-corrected chi connectivity index (χ1v) is 6.10. The van der Waals surface area contributed by atoms with E-state index in [1.54, 1.807) is 24.3 Å². The van der Waals surface area contributed by atoms with E-state index in [1.807, 2.05) is 0 Å². The van der Waals surface area contributed by atoms with Gasteiger partial charge in [0, 0.05) is 25.6 Å². The second-order valence-corrected chi connectivity index (χ2v) is 4.55. The van der Waals surface area contributed by atoms with Gasteiger partial charge in [-0.3, -0.25) is 4.79 Å². The van der Waals surface area contributed by atoms with Gasteiger partial charge < -0.3 is 15.8 Å². The van der Waals surface area contributed by atoms with Gasteiger partial charge in [-0.25, -0.2) is 0 Å². The van der Waals surface area contributed by atoms with E-state index in [2.05, 4.69) is 5.16 Å². The topological polar surface area (TPSA) is 78.9 Å². The first kappa shape index (κ1) is 16.8. The van der Waals surface area contributed by atoms with Crippen LogP contribution in [-0.4, -0.2) is 35.1 Å². The summed E-state index contributed by atoms with van der Waals surface area (Å²) in [5.74, 6) is -0.676. The second kappa shape index (κ2) is 6.96. The van der Waals surface area contributed by atoms with Gasteiger partial charge in [0.15, 0.2) is 5.84 Å². The van der Waals surface area contributed by atoms with E-state index in [4.69, 9.17) is 10.9 Å². The molecule has 0 atom stereocenters. The number of oxime groups is 1. The lowest BCUT2D eigenvalue weighted by Gasteiger charge is -2.18. The van der Waals surface area contributed by atoms with Gasteiger partial charge in [0.05, 0.1) is 6.42 Å². The lowest BCUT2D eigenvalue weighted by molar-refractivity contribution is -0.148. The van der Waals surface area contributed by atoms with Crippen molar-refractivity contribution in [1.82, 2.24) is 4.90 Å². The molecule has 8 heteroatoms. The van der Waals surface area contributed by atoms with Crippen molar-refractivity contribution in [2.45, 2.75) is 25.6 Å². The third-order valence-electron chi connectivity index (χ3n) is 2.80. The van der Waals surface area contributed by atoms with Crippen molar-refractivity contribution in [2.24, 2.45) is 10.9 Å². The van der Waals surface area contributed by atoms with E-state index in [1.165, 1.54) is 11.9 Å². The number of hydrogen-bond acceptors (Lipinski definition) is 3. The number of carbonyl (C=O) groups excluding carboxylic acids is 1. The lowest BCUT2D eigenvalue weighted by atomic mass is 10.1. The van der Waals surface area contributed by atoms with Crippen LogP contribution in [0.5, 0.6) is 0 Å². The molecular weight excluding hydrogens is 287 g/mol. The van der Waals surface area contributed by atoms with Crippen LogP contribution in [0.1, 0.15) is 24.0 Å². The van der Waals surface area contributed by atoms with Gasteiger partial charge in [-0.15, -0.1) is 0 Å². The monoisotopic (exact) mass is 303 g/mol. The number of alkyl halides is 3. The Morgan fingerprint density at radius 3 is 2.67 bits per heavy atom. The Bertz CT molecular complexity index is 530. The van der Waals surface area contributed by atoms with E-state index < -0.39 is 24.9 Å². The SMILES string of the molecule is CN(Cc1cccc(C(N)=NO)c1)C(=O)CCC(F)(F)F. The van der Waals surface area contributed by atoms with Crippen LogP contribution < -0.4 is 5.73 Å². The zero-order chi connectivity index (χ0) is 16.0. The maximum atomic E-state index is 12.1. The van der Waals surface area contributed by atoms with Crippen LogP contribution in [0.15, 0.2) is 29.4 Å². The smallest absolute Gasteiger partial charge is 0.389 e. The summed E-state index contributed by atoms with van der Waals surface area (Å²) < 4.78 is 36.2. The van der Waals surface area contributed by atoms with Crippen LogP contribution in [0.25, 0.3) is 0 Å². The zero-order valence-electron chi connectivity index (χ0n) is 11.4. The zero-order valence-corrected chi connectivity index (χ0v) is 11.4. The number of hydrogen-bond donors (Lipinski definition) is 2.